The number of fused-ring (bicyclic) bond motifs is 2. The third kappa shape index (κ3) is 4.04. The molecule has 11 heteroatoms. The molecule has 0 atom stereocenters. The third-order valence-corrected chi connectivity index (χ3v) is 7.49. The molecule has 4 heterocycles. The van der Waals surface area contributed by atoms with Gasteiger partial charge in [0.2, 0.25) is 5.91 Å². The predicted molar refractivity (Wildman–Crippen MR) is 117 cm³/mol. The van der Waals surface area contributed by atoms with Crippen molar-refractivity contribution < 1.29 is 9.53 Å². The van der Waals surface area contributed by atoms with Crippen LogP contribution in [0.15, 0.2) is 35.6 Å². The first-order chi connectivity index (χ1) is 14.3. The fraction of sp³-hybridized carbons (Fsp3) is 0.278. The van der Waals surface area contributed by atoms with E-state index in [2.05, 4.69) is 30.2 Å². The van der Waals surface area contributed by atoms with Gasteiger partial charge in [0, 0.05) is 13.1 Å². The maximum absolute atomic E-state index is 12.4. The molecule has 0 unspecified atom stereocenters. The van der Waals surface area contributed by atoms with Crippen molar-refractivity contribution in [1.82, 2.24) is 19.9 Å². The maximum atomic E-state index is 12.4. The zero-order valence-corrected chi connectivity index (χ0v) is 17.6. The second-order valence-electron chi connectivity index (χ2n) is 6.25. The number of nitrogens with zero attached hydrogens (tertiary/aromatic N) is 5. The van der Waals surface area contributed by atoms with Crippen LogP contribution in [-0.2, 0) is 9.53 Å². The second-order valence-corrected chi connectivity index (χ2v) is 9.22. The number of amides is 1. The first-order valence-corrected chi connectivity index (χ1v) is 11.6. The van der Waals surface area contributed by atoms with Crippen LogP contribution >= 0.6 is 34.4 Å². The van der Waals surface area contributed by atoms with Crippen molar-refractivity contribution in [2.75, 3.05) is 42.3 Å². The fourth-order valence-electron chi connectivity index (χ4n) is 2.93. The van der Waals surface area contributed by atoms with Crippen LogP contribution in [0.4, 0.5) is 10.3 Å². The average Bonchev–Trinajstić information content (AvgIpc) is 3.36. The molecule has 29 heavy (non-hydrogen) atoms. The highest BCUT2D eigenvalue weighted by atomic mass is 32.2. The molecule has 0 saturated carbocycles. The Balaban J connectivity index is 1.28. The highest BCUT2D eigenvalue weighted by Gasteiger charge is 2.18. The minimum atomic E-state index is -0.112. The van der Waals surface area contributed by atoms with E-state index in [1.54, 1.807) is 11.3 Å². The number of thioether (sulfide) groups is 1. The van der Waals surface area contributed by atoms with E-state index in [4.69, 9.17) is 4.74 Å². The molecule has 0 bridgehead atoms. The van der Waals surface area contributed by atoms with Gasteiger partial charge in [0.1, 0.15) is 16.1 Å². The summed E-state index contributed by atoms with van der Waals surface area (Å²) in [5.41, 5.74) is 1.55. The first-order valence-electron chi connectivity index (χ1n) is 8.99. The van der Waals surface area contributed by atoms with E-state index in [0.717, 1.165) is 38.2 Å². The number of nitrogens with one attached hydrogen (secondary N) is 1. The Morgan fingerprint density at radius 2 is 2.03 bits per heavy atom. The summed E-state index contributed by atoms with van der Waals surface area (Å²) in [5.74, 6) is 0.131. The largest absolute Gasteiger partial charge is 0.378 e. The number of carbonyl (C=O) groups is 1. The van der Waals surface area contributed by atoms with Crippen molar-refractivity contribution in [2.24, 2.45) is 0 Å². The van der Waals surface area contributed by atoms with Crippen LogP contribution in [0.1, 0.15) is 0 Å². The smallest absolute Gasteiger partial charge is 0.236 e. The first kappa shape index (κ1) is 18.7. The quantitative estimate of drug-likeness (QED) is 0.370. The molecule has 148 valence electrons. The lowest BCUT2D eigenvalue weighted by molar-refractivity contribution is -0.113. The van der Waals surface area contributed by atoms with Crippen LogP contribution in [0, 0.1) is 0 Å². The molecule has 4 aromatic rings. The highest BCUT2D eigenvalue weighted by Crippen LogP contribution is 2.34. The zero-order chi connectivity index (χ0) is 19.6. The van der Waals surface area contributed by atoms with Crippen molar-refractivity contribution in [1.29, 1.82) is 0 Å². The van der Waals surface area contributed by atoms with Gasteiger partial charge in [-0.25, -0.2) is 15.0 Å². The minimum absolute atomic E-state index is 0.112. The Morgan fingerprint density at radius 1 is 1.17 bits per heavy atom. The van der Waals surface area contributed by atoms with Crippen molar-refractivity contribution >= 4 is 71.2 Å². The molecule has 1 aliphatic rings. The van der Waals surface area contributed by atoms with Gasteiger partial charge < -0.3 is 15.0 Å². The maximum Gasteiger partial charge on any atom is 0.236 e. The molecule has 1 aliphatic heterocycles. The summed E-state index contributed by atoms with van der Waals surface area (Å²) in [6.07, 6.45) is 1.50. The number of carbonyl (C=O) groups excluding carboxylic acids is 1. The summed E-state index contributed by atoms with van der Waals surface area (Å²) >= 11 is 4.41. The van der Waals surface area contributed by atoms with Crippen molar-refractivity contribution in [3.8, 4) is 0 Å². The molecule has 0 aliphatic carbocycles. The number of anilines is 2. The summed E-state index contributed by atoms with van der Waals surface area (Å²) in [7, 11) is 0. The SMILES string of the molecule is O=C(CSc1ncnc2nc(N3CCOCC3)sc12)Nc1nc2ccccc2s1. The second kappa shape index (κ2) is 8.19. The van der Waals surface area contributed by atoms with E-state index in [1.165, 1.54) is 29.4 Å². The van der Waals surface area contributed by atoms with Crippen LogP contribution in [-0.4, -0.2) is 57.9 Å². The predicted octanol–water partition coefficient (Wildman–Crippen LogP) is 3.26. The lowest BCUT2D eigenvalue weighted by Crippen LogP contribution is -2.36. The van der Waals surface area contributed by atoms with Crippen molar-refractivity contribution in [2.45, 2.75) is 5.03 Å². The Hall–Kier alpha value is -2.34. The minimum Gasteiger partial charge on any atom is -0.378 e. The lowest BCUT2D eigenvalue weighted by atomic mass is 10.3. The van der Waals surface area contributed by atoms with E-state index < -0.39 is 0 Å². The van der Waals surface area contributed by atoms with E-state index in [9.17, 15) is 4.79 Å². The molecule has 0 radical (unpaired) electrons. The van der Waals surface area contributed by atoms with Gasteiger partial charge in [0.15, 0.2) is 15.9 Å². The van der Waals surface area contributed by atoms with Crippen molar-refractivity contribution in [3.05, 3.63) is 30.6 Å². The van der Waals surface area contributed by atoms with Gasteiger partial charge >= 0.3 is 0 Å². The van der Waals surface area contributed by atoms with Gasteiger partial charge in [-0.15, -0.1) is 0 Å². The van der Waals surface area contributed by atoms with Gasteiger partial charge in [0.25, 0.3) is 0 Å². The zero-order valence-electron chi connectivity index (χ0n) is 15.2. The summed E-state index contributed by atoms with van der Waals surface area (Å²) < 4.78 is 7.36. The number of para-hydroxylation sites is 1. The van der Waals surface area contributed by atoms with E-state index in [1.807, 2.05) is 24.3 Å². The monoisotopic (exact) mass is 444 g/mol. The molecular formula is C18H16N6O2S3. The fourth-order valence-corrected chi connectivity index (χ4v) is 5.75. The van der Waals surface area contributed by atoms with Gasteiger partial charge in [-0.2, -0.15) is 4.98 Å². The summed E-state index contributed by atoms with van der Waals surface area (Å²) in [6.45, 7) is 3.05. The molecule has 3 aromatic heterocycles. The van der Waals surface area contributed by atoms with Crippen LogP contribution < -0.4 is 10.2 Å². The van der Waals surface area contributed by atoms with Gasteiger partial charge in [-0.1, -0.05) is 46.6 Å². The topological polar surface area (TPSA) is 93.1 Å². The van der Waals surface area contributed by atoms with Crippen LogP contribution in [0.25, 0.3) is 20.6 Å². The number of thiazole rings is 2. The van der Waals surface area contributed by atoms with Gasteiger partial charge in [-0.05, 0) is 12.1 Å². The molecule has 8 nitrogen and oxygen atoms in total. The molecule has 0 spiro atoms. The Bertz CT molecular complexity index is 1140. The standard InChI is InChI=1S/C18H16N6O2S3/c25-13(22-17-21-11-3-1-2-4-12(11)28-17)9-27-16-14-15(19-10-20-16)23-18(29-14)24-5-7-26-8-6-24/h1-4,10H,5-9H2,(H,21,22,25). The third-order valence-electron chi connectivity index (χ3n) is 4.31. The van der Waals surface area contributed by atoms with Crippen LogP contribution in [0.5, 0.6) is 0 Å². The molecule has 1 amide bonds. The van der Waals surface area contributed by atoms with E-state index in [-0.39, 0.29) is 11.7 Å². The number of benzene rings is 1. The number of ether oxygens (including phenoxy) is 1. The van der Waals surface area contributed by atoms with Crippen molar-refractivity contribution in [3.63, 3.8) is 0 Å². The van der Waals surface area contributed by atoms with Crippen LogP contribution in [0.3, 0.4) is 0 Å². The normalized spacial score (nSPS) is 14.6. The number of rotatable bonds is 5. The average molecular weight is 445 g/mol. The number of aromatic nitrogens is 4. The number of hydrogen-bond donors (Lipinski definition) is 1. The Labute approximate surface area is 178 Å². The molecule has 5 rings (SSSR count). The van der Waals surface area contributed by atoms with Gasteiger partial charge in [0.05, 0.1) is 29.2 Å². The summed E-state index contributed by atoms with van der Waals surface area (Å²) in [5, 5.41) is 5.18. The Kier molecular flexibility index (Phi) is 5.27. The highest BCUT2D eigenvalue weighted by molar-refractivity contribution is 8.00. The summed E-state index contributed by atoms with van der Waals surface area (Å²) in [6, 6.07) is 7.82. The van der Waals surface area contributed by atoms with E-state index >= 15 is 0 Å². The lowest BCUT2D eigenvalue weighted by Gasteiger charge is -2.25. The number of morpholine rings is 1. The van der Waals surface area contributed by atoms with Crippen LogP contribution in [0.2, 0.25) is 0 Å². The molecular weight excluding hydrogens is 428 g/mol. The molecule has 1 N–H and O–H groups in total. The molecule has 1 fully saturated rings. The van der Waals surface area contributed by atoms with Gasteiger partial charge in [-0.3, -0.25) is 4.79 Å². The van der Waals surface area contributed by atoms with E-state index in [0.29, 0.717) is 24.0 Å². The summed E-state index contributed by atoms with van der Waals surface area (Å²) in [4.78, 5) is 32.3. The Morgan fingerprint density at radius 3 is 2.90 bits per heavy atom. The number of hydrogen-bond acceptors (Lipinski definition) is 10. The molecule has 1 saturated heterocycles. The molecule has 1 aromatic carbocycles.